The molecule has 1 aliphatic rings. The molecule has 1 aliphatic heterocycles. The molecule has 6 heteroatoms. The van der Waals surface area contributed by atoms with E-state index in [1.807, 2.05) is 45.9 Å². The van der Waals surface area contributed by atoms with Gasteiger partial charge in [0.2, 0.25) is 0 Å². The van der Waals surface area contributed by atoms with Crippen LogP contribution in [0.3, 0.4) is 0 Å². The van der Waals surface area contributed by atoms with Gasteiger partial charge in [-0.3, -0.25) is 0 Å². The second-order valence-electron chi connectivity index (χ2n) is 5.89. The topological polar surface area (TPSA) is 57.4 Å². The molecule has 0 bridgehead atoms. The summed E-state index contributed by atoms with van der Waals surface area (Å²) in [6, 6.07) is 5.52. The smallest absolute Gasteiger partial charge is 0.463 e. The Kier molecular flexibility index (Phi) is 2.95. The van der Waals surface area contributed by atoms with Gasteiger partial charge in [-0.1, -0.05) is 0 Å². The number of rotatable bonds is 2. The average Bonchev–Trinajstić information content (AvgIpc) is 2.97. The zero-order valence-corrected chi connectivity index (χ0v) is 12.1. The molecule has 0 atom stereocenters. The van der Waals surface area contributed by atoms with Crippen LogP contribution in [0.2, 0.25) is 0 Å². The Balaban J connectivity index is 1.91. The summed E-state index contributed by atoms with van der Waals surface area (Å²) in [5, 5.41) is 0. The van der Waals surface area contributed by atoms with Gasteiger partial charge in [-0.15, -0.1) is 0 Å². The Hall–Kier alpha value is -1.66. The molecular formula is C14H17BN2O3. The van der Waals surface area contributed by atoms with Gasteiger partial charge in [-0.05, 0) is 45.9 Å². The first-order valence-electron chi connectivity index (χ1n) is 6.60. The monoisotopic (exact) mass is 272 g/mol. The predicted octanol–water partition coefficient (Wildman–Crippen LogP) is 2.04. The number of nitrogens with zero attached hydrogens (tertiary/aromatic N) is 2. The van der Waals surface area contributed by atoms with E-state index in [9.17, 15) is 0 Å². The number of furan rings is 1. The van der Waals surface area contributed by atoms with Crippen molar-refractivity contribution in [3.8, 4) is 11.5 Å². The average molecular weight is 272 g/mol. The lowest BCUT2D eigenvalue weighted by Gasteiger charge is -2.32. The highest BCUT2D eigenvalue weighted by molar-refractivity contribution is 6.61. The molecule has 2 aromatic heterocycles. The maximum absolute atomic E-state index is 5.98. The predicted molar refractivity (Wildman–Crippen MR) is 75.5 cm³/mol. The Morgan fingerprint density at radius 3 is 2.35 bits per heavy atom. The number of aromatic nitrogens is 2. The van der Waals surface area contributed by atoms with Crippen LogP contribution in [0.25, 0.3) is 11.5 Å². The molecule has 0 aliphatic carbocycles. The molecule has 1 saturated heterocycles. The fourth-order valence-electron chi connectivity index (χ4n) is 2.02. The van der Waals surface area contributed by atoms with E-state index in [-0.39, 0.29) is 11.2 Å². The van der Waals surface area contributed by atoms with E-state index < -0.39 is 7.12 Å². The normalized spacial score (nSPS) is 20.3. The molecule has 0 aromatic carbocycles. The van der Waals surface area contributed by atoms with Crippen molar-refractivity contribution in [2.24, 2.45) is 0 Å². The SMILES string of the molecule is CC1(C)OB(c2cc(-c3ccco3)ncn2)OC1(C)C. The molecule has 3 heterocycles. The molecular weight excluding hydrogens is 255 g/mol. The summed E-state index contributed by atoms with van der Waals surface area (Å²) in [7, 11) is -0.489. The highest BCUT2D eigenvalue weighted by atomic mass is 16.7. The number of hydrogen-bond acceptors (Lipinski definition) is 5. The van der Waals surface area contributed by atoms with Gasteiger partial charge in [0.05, 0.1) is 23.1 Å². The summed E-state index contributed by atoms with van der Waals surface area (Å²) in [4.78, 5) is 8.47. The lowest BCUT2D eigenvalue weighted by molar-refractivity contribution is 0.00578. The molecule has 0 radical (unpaired) electrons. The van der Waals surface area contributed by atoms with Crippen molar-refractivity contribution in [1.29, 1.82) is 0 Å². The molecule has 0 spiro atoms. The number of hydrogen-bond donors (Lipinski definition) is 0. The summed E-state index contributed by atoms with van der Waals surface area (Å²) >= 11 is 0. The van der Waals surface area contributed by atoms with Gasteiger partial charge in [0, 0.05) is 0 Å². The first-order chi connectivity index (χ1) is 9.39. The molecule has 0 unspecified atom stereocenters. The minimum atomic E-state index is -0.489. The third-order valence-electron chi connectivity index (χ3n) is 3.96. The van der Waals surface area contributed by atoms with E-state index in [1.54, 1.807) is 6.26 Å². The van der Waals surface area contributed by atoms with Crippen molar-refractivity contribution in [2.75, 3.05) is 0 Å². The van der Waals surface area contributed by atoms with E-state index in [0.717, 1.165) is 5.69 Å². The largest absolute Gasteiger partial charge is 0.514 e. The van der Waals surface area contributed by atoms with E-state index in [4.69, 9.17) is 13.7 Å². The van der Waals surface area contributed by atoms with Crippen LogP contribution in [-0.4, -0.2) is 28.3 Å². The van der Waals surface area contributed by atoms with E-state index >= 15 is 0 Å². The summed E-state index contributed by atoms with van der Waals surface area (Å²) < 4.78 is 17.3. The lowest BCUT2D eigenvalue weighted by Crippen LogP contribution is -2.41. The van der Waals surface area contributed by atoms with Crippen molar-refractivity contribution in [2.45, 2.75) is 38.9 Å². The minimum absolute atomic E-state index is 0.381. The Morgan fingerprint density at radius 1 is 1.05 bits per heavy atom. The molecule has 20 heavy (non-hydrogen) atoms. The third kappa shape index (κ3) is 2.15. The highest BCUT2D eigenvalue weighted by Gasteiger charge is 2.52. The molecule has 104 valence electrons. The maximum atomic E-state index is 5.98. The Morgan fingerprint density at radius 2 is 1.75 bits per heavy atom. The zero-order chi connectivity index (χ0) is 14.4. The molecule has 0 N–H and O–H groups in total. The van der Waals surface area contributed by atoms with Crippen LogP contribution in [0.5, 0.6) is 0 Å². The Bertz CT molecular complexity index is 595. The molecule has 3 rings (SSSR count). The van der Waals surface area contributed by atoms with Gasteiger partial charge in [0.15, 0.2) is 5.76 Å². The van der Waals surface area contributed by atoms with Gasteiger partial charge < -0.3 is 13.7 Å². The van der Waals surface area contributed by atoms with Crippen LogP contribution in [0.4, 0.5) is 0 Å². The second kappa shape index (κ2) is 4.43. The quantitative estimate of drug-likeness (QED) is 0.783. The molecule has 2 aromatic rings. The minimum Gasteiger partial charge on any atom is -0.463 e. The van der Waals surface area contributed by atoms with Gasteiger partial charge in [-0.2, -0.15) is 0 Å². The van der Waals surface area contributed by atoms with E-state index in [0.29, 0.717) is 11.4 Å². The van der Waals surface area contributed by atoms with Crippen molar-refractivity contribution < 1.29 is 13.7 Å². The van der Waals surface area contributed by atoms with Crippen LogP contribution in [0.1, 0.15) is 27.7 Å². The van der Waals surface area contributed by atoms with Crippen LogP contribution in [-0.2, 0) is 9.31 Å². The van der Waals surface area contributed by atoms with Gasteiger partial charge in [-0.25, -0.2) is 9.97 Å². The van der Waals surface area contributed by atoms with Crippen molar-refractivity contribution in [1.82, 2.24) is 9.97 Å². The summed E-state index contributed by atoms with van der Waals surface area (Å²) in [5.74, 6) is 0.699. The fourth-order valence-corrected chi connectivity index (χ4v) is 2.02. The molecule has 5 nitrogen and oxygen atoms in total. The van der Waals surface area contributed by atoms with Gasteiger partial charge in [0.25, 0.3) is 0 Å². The highest BCUT2D eigenvalue weighted by Crippen LogP contribution is 2.36. The van der Waals surface area contributed by atoms with E-state index in [2.05, 4.69) is 9.97 Å². The third-order valence-corrected chi connectivity index (χ3v) is 3.96. The van der Waals surface area contributed by atoms with E-state index in [1.165, 1.54) is 6.33 Å². The van der Waals surface area contributed by atoms with Crippen molar-refractivity contribution in [3.05, 3.63) is 30.8 Å². The lowest BCUT2D eigenvalue weighted by atomic mass is 9.84. The first kappa shape index (κ1) is 13.3. The summed E-state index contributed by atoms with van der Waals surface area (Å²) in [6.45, 7) is 8.06. The van der Waals surface area contributed by atoms with Crippen LogP contribution in [0.15, 0.2) is 35.2 Å². The molecule has 1 fully saturated rings. The molecule has 0 saturated carbocycles. The maximum Gasteiger partial charge on any atom is 0.514 e. The van der Waals surface area contributed by atoms with Crippen LogP contribution < -0.4 is 5.59 Å². The fraction of sp³-hybridized carbons (Fsp3) is 0.429. The first-order valence-corrected chi connectivity index (χ1v) is 6.60. The Labute approximate surface area is 118 Å². The van der Waals surface area contributed by atoms with Crippen LogP contribution in [0, 0.1) is 0 Å². The van der Waals surface area contributed by atoms with Gasteiger partial charge in [0.1, 0.15) is 12.0 Å². The van der Waals surface area contributed by atoms with Crippen molar-refractivity contribution >= 4 is 12.7 Å². The molecule has 0 amide bonds. The summed E-state index contributed by atoms with van der Waals surface area (Å²) in [5.41, 5.74) is 0.653. The van der Waals surface area contributed by atoms with Crippen molar-refractivity contribution in [3.63, 3.8) is 0 Å². The summed E-state index contributed by atoms with van der Waals surface area (Å²) in [6.07, 6.45) is 3.12. The second-order valence-corrected chi connectivity index (χ2v) is 5.89. The van der Waals surface area contributed by atoms with Gasteiger partial charge >= 0.3 is 7.12 Å². The zero-order valence-electron chi connectivity index (χ0n) is 12.1. The standard InChI is InChI=1S/C14H17BN2O3/c1-13(2)14(3,4)20-15(19-13)12-8-10(16-9-17-12)11-6-5-7-18-11/h5-9H,1-4H3. The van der Waals surface area contributed by atoms with Crippen LogP contribution >= 0.6 is 0 Å².